The Kier molecular flexibility index (Phi) is 4.71. The van der Waals surface area contributed by atoms with Gasteiger partial charge in [0, 0.05) is 6.07 Å². The minimum absolute atomic E-state index is 0.0356. The lowest BCUT2D eigenvalue weighted by Gasteiger charge is -2.16. The van der Waals surface area contributed by atoms with E-state index in [-0.39, 0.29) is 6.04 Å². The highest BCUT2D eigenvalue weighted by molar-refractivity contribution is 5.77. The number of nitrogens with zero attached hydrogens (tertiary/aromatic N) is 5. The highest BCUT2D eigenvalue weighted by atomic mass is 16.5. The summed E-state index contributed by atoms with van der Waals surface area (Å²) in [6.45, 7) is 5.90. The fraction of sp³-hybridized carbons (Fsp3) is 0.167. The molecule has 5 rings (SSSR count). The zero-order valence-electron chi connectivity index (χ0n) is 17.6. The first-order valence-electron chi connectivity index (χ1n) is 10.2. The molecule has 5 aromatic rings. The lowest BCUT2D eigenvalue weighted by molar-refractivity contribution is 0.393. The van der Waals surface area contributed by atoms with Crippen LogP contribution in [0, 0.1) is 13.8 Å². The van der Waals surface area contributed by atoms with E-state index in [1.165, 1.54) is 0 Å². The fourth-order valence-electron chi connectivity index (χ4n) is 3.76. The summed E-state index contributed by atoms with van der Waals surface area (Å²) >= 11 is 0. The van der Waals surface area contributed by atoms with Gasteiger partial charge in [0.15, 0.2) is 0 Å². The number of para-hydroxylation sites is 2. The fourth-order valence-corrected chi connectivity index (χ4v) is 3.76. The van der Waals surface area contributed by atoms with Crippen molar-refractivity contribution in [1.29, 1.82) is 0 Å². The van der Waals surface area contributed by atoms with Crippen molar-refractivity contribution in [2.75, 3.05) is 5.32 Å². The molecule has 7 heteroatoms. The molecule has 0 aliphatic heterocycles. The van der Waals surface area contributed by atoms with Gasteiger partial charge in [-0.25, -0.2) is 9.97 Å². The Morgan fingerprint density at radius 3 is 2.52 bits per heavy atom. The quantitative estimate of drug-likeness (QED) is 0.426. The van der Waals surface area contributed by atoms with Gasteiger partial charge in [0.25, 0.3) is 0 Å². The van der Waals surface area contributed by atoms with Gasteiger partial charge in [0.2, 0.25) is 5.95 Å². The van der Waals surface area contributed by atoms with Crippen LogP contribution in [0.25, 0.3) is 28.1 Å². The monoisotopic (exact) mass is 410 g/mol. The molecule has 0 radical (unpaired) electrons. The Labute approximate surface area is 179 Å². The van der Waals surface area contributed by atoms with Gasteiger partial charge in [-0.15, -0.1) is 0 Å². The molecule has 0 amide bonds. The third kappa shape index (κ3) is 3.54. The molecular weight excluding hydrogens is 388 g/mol. The molecule has 0 bridgehead atoms. The Morgan fingerprint density at radius 2 is 1.74 bits per heavy atom. The van der Waals surface area contributed by atoms with Crippen molar-refractivity contribution in [1.82, 2.24) is 24.7 Å². The van der Waals surface area contributed by atoms with Crippen LogP contribution in [-0.2, 0) is 0 Å². The lowest BCUT2D eigenvalue weighted by atomic mass is 10.1. The number of fused-ring (bicyclic) bond motifs is 1. The third-order valence-electron chi connectivity index (χ3n) is 5.35. The van der Waals surface area contributed by atoms with Crippen molar-refractivity contribution in [3.63, 3.8) is 0 Å². The summed E-state index contributed by atoms with van der Waals surface area (Å²) in [7, 11) is 0. The molecule has 0 unspecified atom stereocenters. The van der Waals surface area contributed by atoms with E-state index in [9.17, 15) is 0 Å². The molecule has 0 aliphatic rings. The number of aromatic nitrogens is 5. The summed E-state index contributed by atoms with van der Waals surface area (Å²) < 4.78 is 7.36. The Balaban J connectivity index is 1.64. The number of rotatable bonds is 5. The minimum atomic E-state index is 0.0356. The van der Waals surface area contributed by atoms with Crippen LogP contribution in [0.2, 0.25) is 0 Å². The van der Waals surface area contributed by atoms with E-state index in [1.807, 2.05) is 66.9 Å². The van der Waals surface area contributed by atoms with Crippen molar-refractivity contribution in [2.45, 2.75) is 26.8 Å². The van der Waals surface area contributed by atoms with Crippen LogP contribution < -0.4 is 5.32 Å². The summed E-state index contributed by atoms with van der Waals surface area (Å²) in [6, 6.07) is 20.2. The Hall–Kier alpha value is -4.00. The average Bonchev–Trinajstić information content (AvgIpc) is 3.37. The van der Waals surface area contributed by atoms with Gasteiger partial charge in [-0.1, -0.05) is 47.6 Å². The van der Waals surface area contributed by atoms with Gasteiger partial charge in [-0.2, -0.15) is 4.98 Å². The van der Waals surface area contributed by atoms with E-state index < -0.39 is 0 Å². The maximum Gasteiger partial charge on any atom is 0.225 e. The van der Waals surface area contributed by atoms with Crippen molar-refractivity contribution < 1.29 is 4.52 Å². The Bertz CT molecular complexity index is 1340. The molecule has 3 aromatic heterocycles. The first-order valence-corrected chi connectivity index (χ1v) is 10.2. The maximum atomic E-state index is 5.39. The second kappa shape index (κ2) is 7.68. The molecular formula is C24H22N6O. The van der Waals surface area contributed by atoms with E-state index in [2.05, 4.69) is 34.5 Å². The van der Waals surface area contributed by atoms with E-state index >= 15 is 0 Å². The molecule has 0 saturated heterocycles. The van der Waals surface area contributed by atoms with Crippen LogP contribution >= 0.6 is 0 Å². The second-order valence-corrected chi connectivity index (χ2v) is 7.51. The maximum absolute atomic E-state index is 5.39. The SMILES string of the molecule is Cc1noc(C)c1-c1cc(-n2cnc3ccccc32)nc(N[C@@H](C)c2ccccc2)n1. The predicted molar refractivity (Wildman–Crippen MR) is 120 cm³/mol. The highest BCUT2D eigenvalue weighted by Crippen LogP contribution is 2.29. The number of hydrogen-bond acceptors (Lipinski definition) is 6. The minimum Gasteiger partial charge on any atom is -0.361 e. The smallest absolute Gasteiger partial charge is 0.225 e. The van der Waals surface area contributed by atoms with Gasteiger partial charge in [-0.3, -0.25) is 4.57 Å². The van der Waals surface area contributed by atoms with Crippen LogP contribution in [0.4, 0.5) is 5.95 Å². The van der Waals surface area contributed by atoms with Gasteiger partial charge >= 0.3 is 0 Å². The number of imidazole rings is 1. The molecule has 1 N–H and O–H groups in total. The predicted octanol–water partition coefficient (Wildman–Crippen LogP) is 5.26. The van der Waals surface area contributed by atoms with Gasteiger partial charge in [0.1, 0.15) is 17.9 Å². The molecule has 2 aromatic carbocycles. The molecule has 31 heavy (non-hydrogen) atoms. The summed E-state index contributed by atoms with van der Waals surface area (Å²) in [5.41, 5.74) is 5.47. The van der Waals surface area contributed by atoms with E-state index in [0.29, 0.717) is 5.95 Å². The molecule has 0 spiro atoms. The topological polar surface area (TPSA) is 81.7 Å². The number of anilines is 1. The van der Waals surface area contributed by atoms with Crippen molar-refractivity contribution >= 4 is 17.0 Å². The van der Waals surface area contributed by atoms with Gasteiger partial charge in [-0.05, 0) is 38.5 Å². The van der Waals surface area contributed by atoms with E-state index in [1.54, 1.807) is 6.33 Å². The molecule has 0 fully saturated rings. The van der Waals surface area contributed by atoms with Crippen molar-refractivity contribution in [3.05, 3.63) is 84.0 Å². The van der Waals surface area contributed by atoms with Crippen molar-refractivity contribution in [2.24, 2.45) is 0 Å². The number of aryl methyl sites for hydroxylation is 2. The summed E-state index contributed by atoms with van der Waals surface area (Å²) in [4.78, 5) is 14.1. The van der Waals surface area contributed by atoms with E-state index in [4.69, 9.17) is 14.5 Å². The zero-order chi connectivity index (χ0) is 21.4. The number of hydrogen-bond donors (Lipinski definition) is 1. The van der Waals surface area contributed by atoms with Crippen LogP contribution in [0.1, 0.15) is 30.0 Å². The van der Waals surface area contributed by atoms with Crippen LogP contribution in [-0.4, -0.2) is 24.7 Å². The summed E-state index contributed by atoms with van der Waals surface area (Å²) in [6.07, 6.45) is 1.79. The molecule has 1 atom stereocenters. The first-order chi connectivity index (χ1) is 15.1. The highest BCUT2D eigenvalue weighted by Gasteiger charge is 2.18. The molecule has 0 saturated carbocycles. The van der Waals surface area contributed by atoms with Crippen LogP contribution in [0.3, 0.4) is 0 Å². The summed E-state index contributed by atoms with van der Waals surface area (Å²) in [5, 5.41) is 7.54. The van der Waals surface area contributed by atoms with Crippen LogP contribution in [0.5, 0.6) is 0 Å². The van der Waals surface area contributed by atoms with Crippen LogP contribution in [0.15, 0.2) is 71.5 Å². The molecule has 7 nitrogen and oxygen atoms in total. The molecule has 0 aliphatic carbocycles. The lowest BCUT2D eigenvalue weighted by Crippen LogP contribution is -2.11. The number of benzene rings is 2. The summed E-state index contributed by atoms with van der Waals surface area (Å²) in [5.74, 6) is 1.97. The second-order valence-electron chi connectivity index (χ2n) is 7.51. The molecule has 3 heterocycles. The average molecular weight is 410 g/mol. The standard InChI is InChI=1S/C24H22N6O/c1-15(18-9-5-4-6-10-18)26-24-27-20(23-16(2)29-31-17(23)3)13-22(28-24)30-14-25-19-11-7-8-12-21(19)30/h4-15H,1-3H3,(H,26,27,28)/t15-/m0/s1. The molecule has 154 valence electrons. The number of nitrogens with one attached hydrogen (secondary N) is 1. The van der Waals surface area contributed by atoms with Crippen molar-refractivity contribution in [3.8, 4) is 17.1 Å². The largest absolute Gasteiger partial charge is 0.361 e. The van der Waals surface area contributed by atoms with Gasteiger partial charge in [0.05, 0.1) is 34.0 Å². The third-order valence-corrected chi connectivity index (χ3v) is 5.35. The zero-order valence-corrected chi connectivity index (χ0v) is 17.6. The first kappa shape index (κ1) is 19.0. The Morgan fingerprint density at radius 1 is 0.968 bits per heavy atom. The van der Waals surface area contributed by atoms with Gasteiger partial charge < -0.3 is 9.84 Å². The normalized spacial score (nSPS) is 12.2. The van der Waals surface area contributed by atoms with E-state index in [0.717, 1.165) is 45.1 Å².